The van der Waals surface area contributed by atoms with Gasteiger partial charge in [0.1, 0.15) is 0 Å². The molecule has 2 heterocycles. The number of piperazine rings is 1. The number of hydrogen-bond donors (Lipinski definition) is 1. The molecule has 3 nitrogen and oxygen atoms in total. The summed E-state index contributed by atoms with van der Waals surface area (Å²) in [6, 6.07) is 0.832. The van der Waals surface area contributed by atoms with E-state index in [0.717, 1.165) is 0 Å². The number of alkyl halides is 3. The van der Waals surface area contributed by atoms with Crippen molar-refractivity contribution in [1.82, 2.24) is 15.2 Å². The highest BCUT2D eigenvalue weighted by Crippen LogP contribution is 2.36. The van der Waals surface area contributed by atoms with E-state index in [1.165, 1.54) is 12.4 Å². The Kier molecular flexibility index (Phi) is 4.65. The fourth-order valence-electron chi connectivity index (χ4n) is 2.30. The fourth-order valence-corrected chi connectivity index (χ4v) is 2.55. The predicted molar refractivity (Wildman–Crippen MR) is 67.1 cm³/mol. The molecule has 0 amide bonds. The molecule has 0 radical (unpaired) electrons. The highest BCUT2D eigenvalue weighted by molar-refractivity contribution is 6.31. The fraction of sp³-hybridized carbons (Fsp3) is 0.583. The zero-order valence-electron chi connectivity index (χ0n) is 10.3. The third kappa shape index (κ3) is 4.06. The van der Waals surface area contributed by atoms with E-state index in [1.807, 2.05) is 4.90 Å². The Hall–Kier alpha value is -0.850. The first-order valence-electron chi connectivity index (χ1n) is 6.08. The van der Waals surface area contributed by atoms with Crippen LogP contribution in [0.4, 0.5) is 13.2 Å². The summed E-state index contributed by atoms with van der Waals surface area (Å²) < 4.78 is 38.3. The molecule has 7 heteroatoms. The first kappa shape index (κ1) is 14.6. The van der Waals surface area contributed by atoms with Crippen LogP contribution in [-0.2, 0) is 0 Å². The van der Waals surface area contributed by atoms with Crippen LogP contribution in [0.5, 0.6) is 0 Å². The Morgan fingerprint density at radius 2 is 2.05 bits per heavy atom. The van der Waals surface area contributed by atoms with E-state index in [4.69, 9.17) is 11.6 Å². The molecular weight excluding hydrogens is 279 g/mol. The van der Waals surface area contributed by atoms with Crippen LogP contribution in [-0.4, -0.2) is 42.2 Å². The molecule has 1 saturated heterocycles. The topological polar surface area (TPSA) is 28.2 Å². The Labute approximate surface area is 114 Å². The van der Waals surface area contributed by atoms with Gasteiger partial charge in [0.2, 0.25) is 0 Å². The van der Waals surface area contributed by atoms with Crippen LogP contribution in [0.2, 0.25) is 5.02 Å². The van der Waals surface area contributed by atoms with Crippen molar-refractivity contribution in [2.75, 3.05) is 26.2 Å². The number of pyridine rings is 1. The first-order chi connectivity index (χ1) is 8.97. The van der Waals surface area contributed by atoms with E-state index < -0.39 is 18.6 Å². The largest absolute Gasteiger partial charge is 0.390 e. The van der Waals surface area contributed by atoms with Gasteiger partial charge in [-0.1, -0.05) is 11.6 Å². The molecule has 19 heavy (non-hydrogen) atoms. The van der Waals surface area contributed by atoms with Crippen LogP contribution in [0.3, 0.4) is 0 Å². The van der Waals surface area contributed by atoms with Gasteiger partial charge in [-0.2, -0.15) is 13.2 Å². The van der Waals surface area contributed by atoms with E-state index in [9.17, 15) is 13.2 Å². The van der Waals surface area contributed by atoms with E-state index >= 15 is 0 Å². The molecule has 1 aromatic rings. The summed E-state index contributed by atoms with van der Waals surface area (Å²) >= 11 is 5.99. The van der Waals surface area contributed by atoms with Gasteiger partial charge in [-0.05, 0) is 11.6 Å². The lowest BCUT2D eigenvalue weighted by molar-refractivity contribution is -0.148. The summed E-state index contributed by atoms with van der Waals surface area (Å²) in [5, 5.41) is 3.42. The van der Waals surface area contributed by atoms with Gasteiger partial charge in [-0.3, -0.25) is 9.88 Å². The maximum absolute atomic E-state index is 12.8. The van der Waals surface area contributed by atoms with Crippen molar-refractivity contribution in [2.24, 2.45) is 0 Å². The van der Waals surface area contributed by atoms with E-state index in [1.54, 1.807) is 6.07 Å². The smallest absolute Gasteiger partial charge is 0.314 e. The molecule has 0 unspecified atom stereocenters. The molecule has 0 saturated carbocycles. The second-order valence-electron chi connectivity index (χ2n) is 4.52. The van der Waals surface area contributed by atoms with Crippen molar-refractivity contribution in [3.8, 4) is 0 Å². The van der Waals surface area contributed by atoms with Crippen LogP contribution >= 0.6 is 11.6 Å². The molecule has 1 fully saturated rings. The number of hydrogen-bond acceptors (Lipinski definition) is 3. The molecule has 106 valence electrons. The van der Waals surface area contributed by atoms with Gasteiger partial charge in [0.15, 0.2) is 0 Å². The SMILES string of the molecule is FC(F)(F)C[C@@H](c1ccncc1Cl)N1CCNCC1. The second-order valence-corrected chi connectivity index (χ2v) is 4.93. The van der Waals surface area contributed by atoms with Gasteiger partial charge in [0.25, 0.3) is 0 Å². The van der Waals surface area contributed by atoms with Crippen molar-refractivity contribution in [3.05, 3.63) is 29.0 Å². The standard InChI is InChI=1S/C12H15ClF3N3/c13-10-8-18-2-1-9(10)11(7-12(14,15)16)19-5-3-17-4-6-19/h1-2,8,11,17H,3-7H2/t11-/m0/s1. The molecule has 2 rings (SSSR count). The van der Waals surface area contributed by atoms with Crippen molar-refractivity contribution in [3.63, 3.8) is 0 Å². The average Bonchev–Trinajstić information content (AvgIpc) is 2.37. The highest BCUT2D eigenvalue weighted by atomic mass is 35.5. The molecule has 0 spiro atoms. The number of halogens is 4. The Morgan fingerprint density at radius 1 is 1.37 bits per heavy atom. The average molecular weight is 294 g/mol. The van der Waals surface area contributed by atoms with Crippen LogP contribution in [0.25, 0.3) is 0 Å². The van der Waals surface area contributed by atoms with Crippen molar-refractivity contribution < 1.29 is 13.2 Å². The van der Waals surface area contributed by atoms with E-state index in [0.29, 0.717) is 31.7 Å². The summed E-state index contributed by atoms with van der Waals surface area (Å²) in [5.41, 5.74) is 0.496. The quantitative estimate of drug-likeness (QED) is 0.928. The maximum atomic E-state index is 12.8. The van der Waals surface area contributed by atoms with Gasteiger partial charge in [-0.25, -0.2) is 0 Å². The van der Waals surface area contributed by atoms with Gasteiger partial charge >= 0.3 is 6.18 Å². The number of rotatable bonds is 3. The lowest BCUT2D eigenvalue weighted by atomic mass is 10.0. The summed E-state index contributed by atoms with van der Waals surface area (Å²) in [7, 11) is 0. The summed E-state index contributed by atoms with van der Waals surface area (Å²) in [6.07, 6.45) is -2.24. The predicted octanol–water partition coefficient (Wildman–Crippen LogP) is 2.63. The second kappa shape index (κ2) is 6.07. The minimum absolute atomic E-state index is 0.287. The number of nitrogens with zero attached hydrogens (tertiary/aromatic N) is 2. The normalized spacial score (nSPS) is 19.4. The summed E-state index contributed by atoms with van der Waals surface area (Å²) in [4.78, 5) is 5.65. The molecule has 1 aliphatic rings. The van der Waals surface area contributed by atoms with E-state index in [-0.39, 0.29) is 5.02 Å². The summed E-state index contributed by atoms with van der Waals surface area (Å²) in [5.74, 6) is 0. The Morgan fingerprint density at radius 3 is 2.63 bits per heavy atom. The van der Waals surface area contributed by atoms with Crippen molar-refractivity contribution >= 4 is 11.6 Å². The zero-order chi connectivity index (χ0) is 13.9. The van der Waals surface area contributed by atoms with Gasteiger partial charge in [0.05, 0.1) is 11.4 Å². The van der Waals surface area contributed by atoms with Crippen LogP contribution in [0.1, 0.15) is 18.0 Å². The Balaban J connectivity index is 2.25. The van der Waals surface area contributed by atoms with Crippen LogP contribution in [0, 0.1) is 0 Å². The Bertz CT molecular complexity index is 419. The molecule has 1 aliphatic heterocycles. The third-order valence-electron chi connectivity index (χ3n) is 3.18. The first-order valence-corrected chi connectivity index (χ1v) is 6.46. The molecule has 1 atom stereocenters. The molecule has 0 aromatic carbocycles. The maximum Gasteiger partial charge on any atom is 0.390 e. The van der Waals surface area contributed by atoms with Crippen LogP contribution in [0.15, 0.2) is 18.5 Å². The molecule has 0 bridgehead atoms. The molecule has 1 aromatic heterocycles. The zero-order valence-corrected chi connectivity index (χ0v) is 11.0. The minimum Gasteiger partial charge on any atom is -0.314 e. The van der Waals surface area contributed by atoms with Gasteiger partial charge in [0, 0.05) is 44.6 Å². The van der Waals surface area contributed by atoms with Crippen molar-refractivity contribution in [1.29, 1.82) is 0 Å². The minimum atomic E-state index is -4.22. The van der Waals surface area contributed by atoms with E-state index in [2.05, 4.69) is 10.3 Å². The van der Waals surface area contributed by atoms with Crippen LogP contribution < -0.4 is 5.32 Å². The number of aromatic nitrogens is 1. The van der Waals surface area contributed by atoms with Gasteiger partial charge in [-0.15, -0.1) is 0 Å². The lowest BCUT2D eigenvalue weighted by Gasteiger charge is -2.35. The number of nitrogens with one attached hydrogen (secondary N) is 1. The lowest BCUT2D eigenvalue weighted by Crippen LogP contribution is -2.46. The third-order valence-corrected chi connectivity index (χ3v) is 3.50. The molecule has 0 aliphatic carbocycles. The monoisotopic (exact) mass is 293 g/mol. The summed E-state index contributed by atoms with van der Waals surface area (Å²) in [6.45, 7) is 2.55. The molecular formula is C12H15ClF3N3. The highest BCUT2D eigenvalue weighted by Gasteiger charge is 2.36. The molecule has 1 N–H and O–H groups in total. The van der Waals surface area contributed by atoms with Crippen molar-refractivity contribution in [2.45, 2.75) is 18.6 Å². The van der Waals surface area contributed by atoms with Gasteiger partial charge < -0.3 is 5.32 Å².